The van der Waals surface area contributed by atoms with Gasteiger partial charge in [0.1, 0.15) is 0 Å². The third kappa shape index (κ3) is 6.54. The largest absolute Gasteiger partial charge is 0.400 e. The third-order valence-electron chi connectivity index (χ3n) is 1.29. The first-order chi connectivity index (χ1) is 5.83. The van der Waals surface area contributed by atoms with Gasteiger partial charge in [-0.1, -0.05) is 13.8 Å². The monoisotopic (exact) mass is 180 g/mol. The van der Waals surface area contributed by atoms with Gasteiger partial charge in [-0.25, -0.2) is 0 Å². The van der Waals surface area contributed by atoms with Gasteiger partial charge < -0.3 is 20.1 Å². The van der Waals surface area contributed by atoms with Gasteiger partial charge in [-0.3, -0.25) is 0 Å². The Labute approximate surface area is 73.8 Å². The molecule has 0 bridgehead atoms. The minimum atomic E-state index is -0.632. The average molecular weight is 180 g/mol. The third-order valence-corrected chi connectivity index (χ3v) is 1.29. The number of aliphatic hydroxyl groups excluding tert-OH is 3. The zero-order valence-electron chi connectivity index (χ0n) is 8.03. The molecule has 4 heteroatoms. The Bertz CT molecular complexity index is 77.5. The van der Waals surface area contributed by atoms with Crippen LogP contribution in [-0.2, 0) is 4.74 Å². The minimum absolute atomic E-state index is 0.0249. The molecule has 1 heterocycles. The molecule has 2 unspecified atom stereocenters. The highest BCUT2D eigenvalue weighted by atomic mass is 16.6. The summed E-state index contributed by atoms with van der Waals surface area (Å²) < 4.78 is 4.82. The average Bonchev–Trinajstić information content (AvgIpc) is 2.58. The van der Waals surface area contributed by atoms with E-state index >= 15 is 0 Å². The van der Waals surface area contributed by atoms with Gasteiger partial charge in [0.15, 0.2) is 6.29 Å². The lowest BCUT2D eigenvalue weighted by Gasteiger charge is -2.04. The Morgan fingerprint density at radius 3 is 1.92 bits per heavy atom. The van der Waals surface area contributed by atoms with Crippen molar-refractivity contribution >= 4 is 0 Å². The highest BCUT2D eigenvalue weighted by Gasteiger charge is 2.21. The molecule has 76 valence electrons. The van der Waals surface area contributed by atoms with Crippen molar-refractivity contribution in [2.24, 2.45) is 0 Å². The van der Waals surface area contributed by atoms with E-state index in [0.717, 1.165) is 13.5 Å². The van der Waals surface area contributed by atoms with Crippen LogP contribution in [-0.4, -0.2) is 41.4 Å². The predicted molar refractivity (Wildman–Crippen MR) is 46.7 cm³/mol. The first-order valence-electron chi connectivity index (χ1n) is 4.22. The second-order valence-electron chi connectivity index (χ2n) is 1.97. The van der Waals surface area contributed by atoms with E-state index in [0.29, 0.717) is 6.42 Å². The molecule has 0 amide bonds. The second-order valence-corrected chi connectivity index (χ2v) is 1.97. The van der Waals surface area contributed by atoms with Crippen LogP contribution < -0.4 is 0 Å². The lowest BCUT2D eigenvalue weighted by molar-refractivity contribution is -0.101. The van der Waals surface area contributed by atoms with Crippen molar-refractivity contribution in [2.75, 3.05) is 13.7 Å². The van der Waals surface area contributed by atoms with Gasteiger partial charge in [0.25, 0.3) is 0 Å². The van der Waals surface area contributed by atoms with Crippen molar-refractivity contribution in [3.8, 4) is 0 Å². The summed E-state index contributed by atoms with van der Waals surface area (Å²) in [4.78, 5) is 0. The predicted octanol–water partition coefficient (Wildman–Crippen LogP) is 0.111. The molecule has 1 aliphatic heterocycles. The molecular formula is C8H20O4. The summed E-state index contributed by atoms with van der Waals surface area (Å²) in [6.45, 7) is 4.02. The molecule has 4 nitrogen and oxygen atoms in total. The van der Waals surface area contributed by atoms with Gasteiger partial charge in [0, 0.05) is 13.5 Å². The summed E-state index contributed by atoms with van der Waals surface area (Å²) in [6.07, 6.45) is 0.681. The fraction of sp³-hybridized carbons (Fsp3) is 1.00. The Hall–Kier alpha value is -0.160. The lowest BCUT2D eigenvalue weighted by Crippen LogP contribution is -2.13. The number of ether oxygens (including phenoxy) is 1. The van der Waals surface area contributed by atoms with Crippen molar-refractivity contribution < 1.29 is 20.1 Å². The van der Waals surface area contributed by atoms with E-state index in [2.05, 4.69) is 0 Å². The highest BCUT2D eigenvalue weighted by molar-refractivity contribution is 4.64. The maximum Gasteiger partial charge on any atom is 0.155 e. The van der Waals surface area contributed by atoms with Crippen molar-refractivity contribution in [2.45, 2.75) is 39.1 Å². The van der Waals surface area contributed by atoms with Gasteiger partial charge in [-0.15, -0.1) is 0 Å². The van der Waals surface area contributed by atoms with Gasteiger partial charge in [-0.2, -0.15) is 0 Å². The molecule has 0 saturated carbocycles. The summed E-state index contributed by atoms with van der Waals surface area (Å²) in [5.74, 6) is 0. The molecule has 1 saturated heterocycles. The van der Waals surface area contributed by atoms with Crippen LogP contribution in [0.25, 0.3) is 0 Å². The number of aliphatic hydroxyl groups is 3. The van der Waals surface area contributed by atoms with E-state index in [-0.39, 0.29) is 12.7 Å². The molecule has 1 aliphatic rings. The molecule has 1 rings (SSSR count). The Morgan fingerprint density at radius 1 is 1.25 bits per heavy atom. The fourth-order valence-electron chi connectivity index (χ4n) is 0.821. The van der Waals surface area contributed by atoms with Crippen LogP contribution in [0.3, 0.4) is 0 Å². The molecule has 2 atom stereocenters. The Kier molecular flexibility index (Phi) is 13.0. The molecule has 0 aromatic rings. The van der Waals surface area contributed by atoms with E-state index in [1.165, 1.54) is 0 Å². The van der Waals surface area contributed by atoms with Crippen LogP contribution in [0.1, 0.15) is 26.7 Å². The van der Waals surface area contributed by atoms with E-state index in [1.807, 2.05) is 13.8 Å². The van der Waals surface area contributed by atoms with Crippen LogP contribution in [0.4, 0.5) is 0 Å². The van der Waals surface area contributed by atoms with Gasteiger partial charge in [-0.05, 0) is 6.42 Å². The van der Waals surface area contributed by atoms with Crippen molar-refractivity contribution in [3.63, 3.8) is 0 Å². The number of rotatable bonds is 1. The summed E-state index contributed by atoms with van der Waals surface area (Å²) in [6, 6.07) is 0. The van der Waals surface area contributed by atoms with Crippen LogP contribution in [0.5, 0.6) is 0 Å². The van der Waals surface area contributed by atoms with Gasteiger partial charge in [0.05, 0.1) is 12.7 Å². The zero-order valence-corrected chi connectivity index (χ0v) is 8.03. The highest BCUT2D eigenvalue weighted by Crippen LogP contribution is 2.16. The molecule has 3 N–H and O–H groups in total. The van der Waals surface area contributed by atoms with Crippen molar-refractivity contribution in [1.29, 1.82) is 0 Å². The zero-order chi connectivity index (χ0) is 9.98. The molecule has 1 fully saturated rings. The van der Waals surface area contributed by atoms with E-state index in [1.54, 1.807) is 0 Å². The van der Waals surface area contributed by atoms with Crippen molar-refractivity contribution in [3.05, 3.63) is 0 Å². The molecular weight excluding hydrogens is 160 g/mol. The first-order valence-corrected chi connectivity index (χ1v) is 4.22. The van der Waals surface area contributed by atoms with Crippen LogP contribution in [0.15, 0.2) is 0 Å². The molecule has 0 aromatic heterocycles. The summed E-state index contributed by atoms with van der Waals surface area (Å²) in [5.41, 5.74) is 0. The normalized spacial score (nSPS) is 26.5. The lowest BCUT2D eigenvalue weighted by atomic mass is 10.2. The maximum absolute atomic E-state index is 8.70. The van der Waals surface area contributed by atoms with E-state index in [4.69, 9.17) is 20.1 Å². The standard InChI is InChI=1S/C5H10O3.C2H6.CH4O/c6-3-4-1-2-5(7)8-4;2*1-2/h4-7H,1-3H2;1-2H3;2H,1H3. The smallest absolute Gasteiger partial charge is 0.155 e. The van der Waals surface area contributed by atoms with Crippen molar-refractivity contribution in [1.82, 2.24) is 0 Å². The minimum Gasteiger partial charge on any atom is -0.400 e. The maximum atomic E-state index is 8.70. The molecule has 0 spiro atoms. The molecule has 0 aromatic carbocycles. The number of hydrogen-bond donors (Lipinski definition) is 3. The quantitative estimate of drug-likeness (QED) is 0.535. The topological polar surface area (TPSA) is 69.9 Å². The van der Waals surface area contributed by atoms with Gasteiger partial charge in [0.2, 0.25) is 0 Å². The van der Waals surface area contributed by atoms with Crippen LogP contribution in [0.2, 0.25) is 0 Å². The SMILES string of the molecule is CC.CO.OCC1CCC(O)O1. The molecule has 0 aliphatic carbocycles. The second kappa shape index (κ2) is 10.8. The van der Waals surface area contributed by atoms with Crippen LogP contribution >= 0.6 is 0 Å². The van der Waals surface area contributed by atoms with Crippen LogP contribution in [0, 0.1) is 0 Å². The first kappa shape index (κ1) is 14.4. The molecule has 12 heavy (non-hydrogen) atoms. The summed E-state index contributed by atoms with van der Waals surface area (Å²) in [7, 11) is 1.00. The van der Waals surface area contributed by atoms with E-state index in [9.17, 15) is 0 Å². The number of hydrogen-bond acceptors (Lipinski definition) is 4. The Balaban J connectivity index is 0. The summed E-state index contributed by atoms with van der Waals surface area (Å²) in [5, 5.41) is 24.1. The fourth-order valence-corrected chi connectivity index (χ4v) is 0.821. The molecule has 0 radical (unpaired) electrons. The Morgan fingerprint density at radius 2 is 1.75 bits per heavy atom. The van der Waals surface area contributed by atoms with Gasteiger partial charge >= 0.3 is 0 Å². The summed E-state index contributed by atoms with van der Waals surface area (Å²) >= 11 is 0. The van der Waals surface area contributed by atoms with E-state index < -0.39 is 6.29 Å².